The fraction of sp³-hybridized carbons (Fsp3) is 0.800. The molecule has 0 aromatic carbocycles. The van der Waals surface area contributed by atoms with Crippen LogP contribution < -0.4 is 26.6 Å². The van der Waals surface area contributed by atoms with Crippen LogP contribution in [0.2, 0.25) is 0 Å². The molecule has 0 aliphatic heterocycles. The van der Waals surface area contributed by atoms with E-state index in [1.165, 1.54) is 0 Å². The molecule has 0 saturated carbocycles. The van der Waals surface area contributed by atoms with Gasteiger partial charge in [-0.3, -0.25) is 14.6 Å². The van der Waals surface area contributed by atoms with E-state index in [1.54, 1.807) is 13.3 Å². The van der Waals surface area contributed by atoms with Crippen LogP contribution in [0.15, 0.2) is 4.99 Å². The van der Waals surface area contributed by atoms with Gasteiger partial charge in [0, 0.05) is 78.5 Å². The summed E-state index contributed by atoms with van der Waals surface area (Å²) in [6.45, 7) is 7.97. The topological polar surface area (TPSA) is 107 Å². The van der Waals surface area contributed by atoms with E-state index < -0.39 is 0 Å². The number of hydrogen-bond donors (Lipinski definition) is 5. The lowest BCUT2D eigenvalue weighted by Gasteiger charge is -2.06. The first-order valence-electron chi connectivity index (χ1n) is 8.28. The SMILES string of the molecule is CCNC(=O)CCN=CCNCCNCCNCCC(=O)NC. The van der Waals surface area contributed by atoms with Gasteiger partial charge in [0.25, 0.3) is 0 Å². The van der Waals surface area contributed by atoms with Gasteiger partial charge in [0.1, 0.15) is 0 Å². The Morgan fingerprint density at radius 2 is 1.57 bits per heavy atom. The summed E-state index contributed by atoms with van der Waals surface area (Å²) in [5.41, 5.74) is 0. The predicted octanol–water partition coefficient (Wildman–Crippen LogP) is -1.51. The molecule has 0 fully saturated rings. The van der Waals surface area contributed by atoms with Gasteiger partial charge in [-0.05, 0) is 6.92 Å². The van der Waals surface area contributed by atoms with Gasteiger partial charge < -0.3 is 26.6 Å². The standard InChI is InChI=1S/C15H32N6O2/c1-3-21-15(23)5-7-18-9-11-20-13-12-19-10-8-17-6-4-14(22)16-2/h9,17,19-20H,3-8,10-13H2,1-2H3,(H,16,22)(H,21,23). The lowest BCUT2D eigenvalue weighted by atomic mass is 10.4. The third-order valence-corrected chi connectivity index (χ3v) is 2.97. The second kappa shape index (κ2) is 16.9. The van der Waals surface area contributed by atoms with Crippen LogP contribution in [0, 0.1) is 0 Å². The molecule has 0 heterocycles. The molecule has 0 aromatic heterocycles. The summed E-state index contributed by atoms with van der Waals surface area (Å²) in [4.78, 5) is 26.3. The van der Waals surface area contributed by atoms with E-state index in [1.807, 2.05) is 6.92 Å². The lowest BCUT2D eigenvalue weighted by Crippen LogP contribution is -2.34. The van der Waals surface area contributed by atoms with Crippen LogP contribution in [-0.2, 0) is 9.59 Å². The number of hydrogen-bond acceptors (Lipinski definition) is 6. The van der Waals surface area contributed by atoms with Gasteiger partial charge in [-0.25, -0.2) is 0 Å². The molecule has 0 rings (SSSR count). The van der Waals surface area contributed by atoms with Crippen LogP contribution in [-0.4, -0.2) is 77.4 Å². The maximum absolute atomic E-state index is 11.2. The molecule has 8 nitrogen and oxygen atoms in total. The zero-order valence-electron chi connectivity index (χ0n) is 14.4. The van der Waals surface area contributed by atoms with E-state index in [2.05, 4.69) is 31.6 Å². The van der Waals surface area contributed by atoms with Gasteiger partial charge in [-0.2, -0.15) is 0 Å². The van der Waals surface area contributed by atoms with Crippen molar-refractivity contribution in [3.63, 3.8) is 0 Å². The number of rotatable bonds is 15. The highest BCUT2D eigenvalue weighted by Gasteiger charge is 1.96. The first-order chi connectivity index (χ1) is 11.2. The molecule has 0 radical (unpaired) electrons. The van der Waals surface area contributed by atoms with Crippen molar-refractivity contribution >= 4 is 18.0 Å². The maximum Gasteiger partial charge on any atom is 0.221 e. The third kappa shape index (κ3) is 16.7. The fourth-order valence-electron chi connectivity index (χ4n) is 1.70. The minimum absolute atomic E-state index is 0.0470. The molecule has 0 saturated heterocycles. The van der Waals surface area contributed by atoms with E-state index in [0.717, 1.165) is 26.2 Å². The normalized spacial score (nSPS) is 10.9. The summed E-state index contributed by atoms with van der Waals surface area (Å²) in [5, 5.41) is 15.1. The largest absolute Gasteiger partial charge is 0.359 e. The molecule has 0 spiro atoms. The van der Waals surface area contributed by atoms with Crippen molar-refractivity contribution in [3.05, 3.63) is 0 Å². The number of nitrogens with zero attached hydrogens (tertiary/aromatic N) is 1. The van der Waals surface area contributed by atoms with Crippen LogP contribution in [0.4, 0.5) is 0 Å². The predicted molar refractivity (Wildman–Crippen MR) is 94.0 cm³/mol. The van der Waals surface area contributed by atoms with E-state index in [9.17, 15) is 9.59 Å². The Morgan fingerprint density at radius 1 is 0.913 bits per heavy atom. The molecule has 23 heavy (non-hydrogen) atoms. The summed E-state index contributed by atoms with van der Waals surface area (Å²) in [6.07, 6.45) is 2.76. The summed E-state index contributed by atoms with van der Waals surface area (Å²) in [7, 11) is 1.64. The average Bonchev–Trinajstić information content (AvgIpc) is 2.55. The highest BCUT2D eigenvalue weighted by molar-refractivity contribution is 5.76. The van der Waals surface area contributed by atoms with Crippen molar-refractivity contribution < 1.29 is 9.59 Å². The second-order valence-corrected chi connectivity index (χ2v) is 4.92. The zero-order valence-corrected chi connectivity index (χ0v) is 14.4. The Bertz CT molecular complexity index is 336. The Kier molecular flexibility index (Phi) is 15.7. The molecule has 0 unspecified atom stereocenters. The van der Waals surface area contributed by atoms with Crippen LogP contribution >= 0.6 is 0 Å². The first-order valence-corrected chi connectivity index (χ1v) is 8.28. The maximum atomic E-state index is 11.2. The van der Waals surface area contributed by atoms with Gasteiger partial charge in [-0.1, -0.05) is 0 Å². The van der Waals surface area contributed by atoms with Crippen molar-refractivity contribution in [1.29, 1.82) is 0 Å². The average molecular weight is 328 g/mol. The second-order valence-electron chi connectivity index (χ2n) is 4.92. The molecule has 0 atom stereocenters. The molecule has 8 heteroatoms. The minimum Gasteiger partial charge on any atom is -0.359 e. The van der Waals surface area contributed by atoms with Gasteiger partial charge in [0.2, 0.25) is 11.8 Å². The molecule has 0 aliphatic carbocycles. The van der Waals surface area contributed by atoms with Crippen molar-refractivity contribution in [2.45, 2.75) is 19.8 Å². The number of carbonyl (C=O) groups excluding carboxylic acids is 2. The van der Waals surface area contributed by atoms with Crippen LogP contribution in [0.3, 0.4) is 0 Å². The van der Waals surface area contributed by atoms with E-state index in [0.29, 0.717) is 39.0 Å². The Morgan fingerprint density at radius 3 is 2.22 bits per heavy atom. The summed E-state index contributed by atoms with van der Waals surface area (Å²) in [5.74, 6) is 0.105. The zero-order chi connectivity index (χ0) is 17.2. The van der Waals surface area contributed by atoms with Gasteiger partial charge in [0.05, 0.1) is 0 Å². The molecule has 134 valence electrons. The number of carbonyl (C=O) groups is 2. The van der Waals surface area contributed by atoms with Crippen LogP contribution in [0.1, 0.15) is 19.8 Å². The van der Waals surface area contributed by atoms with E-state index in [4.69, 9.17) is 0 Å². The summed E-state index contributed by atoms with van der Waals surface area (Å²) < 4.78 is 0. The molecule has 0 aliphatic rings. The van der Waals surface area contributed by atoms with Crippen molar-refractivity contribution in [2.75, 3.05) is 59.4 Å². The molecule has 5 N–H and O–H groups in total. The smallest absolute Gasteiger partial charge is 0.221 e. The highest BCUT2D eigenvalue weighted by atomic mass is 16.2. The van der Waals surface area contributed by atoms with E-state index in [-0.39, 0.29) is 11.8 Å². The van der Waals surface area contributed by atoms with Crippen LogP contribution in [0.5, 0.6) is 0 Å². The number of amides is 2. The van der Waals surface area contributed by atoms with Crippen LogP contribution in [0.25, 0.3) is 0 Å². The summed E-state index contributed by atoms with van der Waals surface area (Å²) in [6, 6.07) is 0. The molecule has 0 aromatic rings. The van der Waals surface area contributed by atoms with Gasteiger partial charge in [0.15, 0.2) is 0 Å². The van der Waals surface area contributed by atoms with Crippen molar-refractivity contribution in [1.82, 2.24) is 26.6 Å². The Labute approximate surface area is 139 Å². The van der Waals surface area contributed by atoms with E-state index >= 15 is 0 Å². The minimum atomic E-state index is 0.0470. The highest BCUT2D eigenvalue weighted by Crippen LogP contribution is 1.80. The fourth-order valence-corrected chi connectivity index (χ4v) is 1.70. The molecule has 0 bridgehead atoms. The monoisotopic (exact) mass is 328 g/mol. The summed E-state index contributed by atoms with van der Waals surface area (Å²) >= 11 is 0. The lowest BCUT2D eigenvalue weighted by molar-refractivity contribution is -0.121. The molecular formula is C15H32N6O2. The quantitative estimate of drug-likeness (QED) is 0.186. The van der Waals surface area contributed by atoms with Gasteiger partial charge in [-0.15, -0.1) is 0 Å². The number of nitrogens with one attached hydrogen (secondary N) is 5. The number of aliphatic imine (C=N–C) groups is 1. The Balaban J connectivity index is 3.18. The van der Waals surface area contributed by atoms with Crippen molar-refractivity contribution in [2.24, 2.45) is 4.99 Å². The molecule has 2 amide bonds. The van der Waals surface area contributed by atoms with Crippen molar-refractivity contribution in [3.8, 4) is 0 Å². The molecular weight excluding hydrogens is 296 g/mol. The van der Waals surface area contributed by atoms with Gasteiger partial charge >= 0.3 is 0 Å². The first kappa shape index (κ1) is 21.5. The Hall–Kier alpha value is -1.51. The third-order valence-electron chi connectivity index (χ3n) is 2.97.